The summed E-state index contributed by atoms with van der Waals surface area (Å²) in [6.07, 6.45) is 3.86. The van der Waals surface area contributed by atoms with Crippen LogP contribution >= 0.6 is 12.2 Å². The average Bonchev–Trinajstić information content (AvgIpc) is 3.40. The summed E-state index contributed by atoms with van der Waals surface area (Å²) in [5, 5.41) is 4.12. The molecular weight excluding hydrogens is 360 g/mol. The van der Waals surface area contributed by atoms with Gasteiger partial charge < -0.3 is 24.3 Å². The van der Waals surface area contributed by atoms with Crippen LogP contribution in [0.5, 0.6) is 11.5 Å². The lowest BCUT2D eigenvalue weighted by atomic mass is 10.0. The molecule has 136 valence electrons. The summed E-state index contributed by atoms with van der Waals surface area (Å²) in [5.74, 6) is 1.50. The van der Waals surface area contributed by atoms with Gasteiger partial charge in [0.2, 0.25) is 6.79 Å². The monoisotopic (exact) mass is 378 g/mol. The lowest BCUT2D eigenvalue weighted by Crippen LogP contribution is -2.30. The minimum atomic E-state index is -0.0577. The van der Waals surface area contributed by atoms with Gasteiger partial charge in [0.05, 0.1) is 11.7 Å². The molecule has 4 heterocycles. The van der Waals surface area contributed by atoms with Crippen LogP contribution in [0.3, 0.4) is 0 Å². The van der Waals surface area contributed by atoms with Gasteiger partial charge in [-0.15, -0.1) is 0 Å². The molecule has 27 heavy (non-hydrogen) atoms. The van der Waals surface area contributed by atoms with E-state index in [1.165, 1.54) is 0 Å². The number of ether oxygens (including phenoxy) is 2. The van der Waals surface area contributed by atoms with Crippen molar-refractivity contribution in [2.24, 2.45) is 7.05 Å². The van der Waals surface area contributed by atoms with Crippen molar-refractivity contribution in [2.45, 2.75) is 12.1 Å². The van der Waals surface area contributed by atoms with Crippen molar-refractivity contribution in [3.05, 3.63) is 72.3 Å². The highest BCUT2D eigenvalue weighted by molar-refractivity contribution is 7.80. The topological polar surface area (TPSA) is 51.6 Å². The number of aromatic nitrogens is 2. The van der Waals surface area contributed by atoms with Crippen LogP contribution in [0.25, 0.3) is 0 Å². The van der Waals surface area contributed by atoms with E-state index in [0.29, 0.717) is 5.11 Å². The number of thiocarbonyl (C=S) groups is 1. The Hall–Kier alpha value is -3.06. The van der Waals surface area contributed by atoms with E-state index in [0.717, 1.165) is 28.6 Å². The number of pyridine rings is 1. The van der Waals surface area contributed by atoms with Crippen LogP contribution in [0, 0.1) is 0 Å². The zero-order chi connectivity index (χ0) is 18.4. The molecule has 2 unspecified atom stereocenters. The van der Waals surface area contributed by atoms with E-state index in [9.17, 15) is 0 Å². The number of fused-ring (bicyclic) bond motifs is 1. The number of hydrogen-bond donors (Lipinski definition) is 1. The summed E-state index contributed by atoms with van der Waals surface area (Å²) in [6, 6.07) is 15.9. The van der Waals surface area contributed by atoms with Gasteiger partial charge in [-0.25, -0.2) is 0 Å². The third-order valence-corrected chi connectivity index (χ3v) is 5.33. The van der Waals surface area contributed by atoms with Gasteiger partial charge >= 0.3 is 0 Å². The predicted molar refractivity (Wildman–Crippen MR) is 106 cm³/mol. The molecule has 0 radical (unpaired) electrons. The van der Waals surface area contributed by atoms with Crippen molar-refractivity contribution >= 4 is 23.0 Å². The Morgan fingerprint density at radius 1 is 1.11 bits per heavy atom. The molecule has 1 N–H and O–H groups in total. The largest absolute Gasteiger partial charge is 0.454 e. The molecule has 7 heteroatoms. The molecule has 5 rings (SSSR count). The van der Waals surface area contributed by atoms with Crippen molar-refractivity contribution < 1.29 is 9.47 Å². The Kier molecular flexibility index (Phi) is 3.75. The summed E-state index contributed by atoms with van der Waals surface area (Å²) in [4.78, 5) is 6.70. The molecule has 3 aromatic rings. The number of benzene rings is 1. The highest BCUT2D eigenvalue weighted by Gasteiger charge is 2.42. The fourth-order valence-electron chi connectivity index (χ4n) is 3.75. The van der Waals surface area contributed by atoms with Crippen molar-refractivity contribution in [1.82, 2.24) is 14.9 Å². The van der Waals surface area contributed by atoms with Crippen LogP contribution in [-0.4, -0.2) is 21.5 Å². The second-order valence-corrected chi connectivity index (χ2v) is 6.96. The van der Waals surface area contributed by atoms with E-state index in [-0.39, 0.29) is 18.9 Å². The van der Waals surface area contributed by atoms with Gasteiger partial charge in [-0.1, -0.05) is 6.07 Å². The zero-order valence-corrected chi connectivity index (χ0v) is 15.5. The summed E-state index contributed by atoms with van der Waals surface area (Å²) < 4.78 is 13.1. The fourth-order valence-corrected chi connectivity index (χ4v) is 4.10. The van der Waals surface area contributed by atoms with Crippen LogP contribution in [0.1, 0.15) is 23.5 Å². The maximum Gasteiger partial charge on any atom is 0.231 e. The highest BCUT2D eigenvalue weighted by Crippen LogP contribution is 2.44. The number of nitrogens with zero attached hydrogens (tertiary/aromatic N) is 3. The van der Waals surface area contributed by atoms with Gasteiger partial charge in [-0.05, 0) is 48.6 Å². The van der Waals surface area contributed by atoms with Crippen LogP contribution < -0.4 is 19.7 Å². The normalized spacial score (nSPS) is 20.8. The number of rotatable bonds is 3. The number of hydrogen-bond acceptors (Lipinski definition) is 4. The van der Waals surface area contributed by atoms with E-state index in [1.807, 2.05) is 61.9 Å². The third-order valence-electron chi connectivity index (χ3n) is 5.02. The van der Waals surface area contributed by atoms with E-state index < -0.39 is 0 Å². The SMILES string of the molecule is Cn1cccc1C1C(c2ccccn2)NC(=S)N1c1ccc2c(c1)OCO2. The lowest BCUT2D eigenvalue weighted by molar-refractivity contribution is 0.174. The molecular formula is C20H18N4O2S. The maximum atomic E-state index is 5.73. The van der Waals surface area contributed by atoms with Crippen LogP contribution in [-0.2, 0) is 7.05 Å². The Morgan fingerprint density at radius 3 is 2.78 bits per heavy atom. The van der Waals surface area contributed by atoms with E-state index in [4.69, 9.17) is 21.7 Å². The Labute approximate surface area is 162 Å². The first kappa shape index (κ1) is 16.1. The number of aryl methyl sites for hydroxylation is 1. The van der Waals surface area contributed by atoms with Gasteiger partial charge in [0.1, 0.15) is 6.04 Å². The van der Waals surface area contributed by atoms with Crippen molar-refractivity contribution in [1.29, 1.82) is 0 Å². The molecule has 1 aromatic carbocycles. The van der Waals surface area contributed by atoms with Gasteiger partial charge in [0.15, 0.2) is 16.6 Å². The second-order valence-electron chi connectivity index (χ2n) is 6.58. The Balaban J connectivity index is 1.63. The highest BCUT2D eigenvalue weighted by atomic mass is 32.1. The van der Waals surface area contributed by atoms with Gasteiger partial charge in [-0.2, -0.15) is 0 Å². The first-order valence-electron chi connectivity index (χ1n) is 8.74. The molecule has 2 atom stereocenters. The minimum absolute atomic E-state index is 0.0345. The van der Waals surface area contributed by atoms with Gasteiger partial charge in [0, 0.05) is 36.9 Å². The second kappa shape index (κ2) is 6.28. The first-order valence-corrected chi connectivity index (χ1v) is 9.15. The number of anilines is 1. The van der Waals surface area contributed by atoms with E-state index >= 15 is 0 Å². The van der Waals surface area contributed by atoms with E-state index in [1.54, 1.807) is 0 Å². The van der Waals surface area contributed by atoms with Gasteiger partial charge in [0.25, 0.3) is 0 Å². The zero-order valence-electron chi connectivity index (χ0n) is 14.7. The van der Waals surface area contributed by atoms with Crippen LogP contribution in [0.2, 0.25) is 0 Å². The summed E-state index contributed by atoms with van der Waals surface area (Å²) in [6.45, 7) is 0.249. The lowest BCUT2D eigenvalue weighted by Gasteiger charge is -2.28. The number of nitrogens with one attached hydrogen (secondary N) is 1. The molecule has 1 saturated heterocycles. The molecule has 2 aliphatic heterocycles. The maximum absolute atomic E-state index is 5.73. The van der Waals surface area contributed by atoms with Crippen LogP contribution in [0.4, 0.5) is 5.69 Å². The third kappa shape index (κ3) is 2.62. The quantitative estimate of drug-likeness (QED) is 0.706. The fraction of sp³-hybridized carbons (Fsp3) is 0.200. The standard InChI is InChI=1S/C20H18N4O2S/c1-23-10-4-6-15(23)19-18(14-5-2-3-9-21-14)22-20(27)24(19)13-7-8-16-17(11-13)26-12-25-16/h2-11,18-19H,12H2,1H3,(H,22,27). The molecule has 0 aliphatic carbocycles. The van der Waals surface area contributed by atoms with E-state index in [2.05, 4.69) is 25.8 Å². The average molecular weight is 378 g/mol. The summed E-state index contributed by atoms with van der Waals surface area (Å²) in [7, 11) is 2.05. The molecule has 2 aromatic heterocycles. The van der Waals surface area contributed by atoms with Crippen LogP contribution in [0.15, 0.2) is 60.9 Å². The van der Waals surface area contributed by atoms with Crippen molar-refractivity contribution in [3.63, 3.8) is 0 Å². The molecule has 0 amide bonds. The summed E-state index contributed by atoms with van der Waals surface area (Å²) in [5.41, 5.74) is 3.06. The first-order chi connectivity index (χ1) is 13.2. The molecule has 6 nitrogen and oxygen atoms in total. The molecule has 0 spiro atoms. The van der Waals surface area contributed by atoms with Crippen molar-refractivity contribution in [3.8, 4) is 11.5 Å². The van der Waals surface area contributed by atoms with Gasteiger partial charge in [-0.3, -0.25) is 4.98 Å². The molecule has 0 saturated carbocycles. The molecule has 1 fully saturated rings. The molecule has 2 aliphatic rings. The van der Waals surface area contributed by atoms with Crippen molar-refractivity contribution in [2.75, 3.05) is 11.7 Å². The molecule has 0 bridgehead atoms. The Morgan fingerprint density at radius 2 is 2.00 bits per heavy atom. The summed E-state index contributed by atoms with van der Waals surface area (Å²) >= 11 is 5.73. The predicted octanol–water partition coefficient (Wildman–Crippen LogP) is 3.33. The Bertz CT molecular complexity index is 1000. The minimum Gasteiger partial charge on any atom is -0.454 e. The smallest absolute Gasteiger partial charge is 0.231 e.